The zero-order valence-corrected chi connectivity index (χ0v) is 15.7. The number of halogens is 3. The largest absolute Gasteiger partial charge is 0.417 e. The van der Waals surface area contributed by atoms with Crippen LogP contribution in [0.5, 0.6) is 0 Å². The molecule has 154 valence electrons. The van der Waals surface area contributed by atoms with E-state index in [-0.39, 0.29) is 22.5 Å². The van der Waals surface area contributed by atoms with Crippen LogP contribution in [0, 0.1) is 0 Å². The Morgan fingerprint density at radius 3 is 2.77 bits per heavy atom. The van der Waals surface area contributed by atoms with Crippen molar-refractivity contribution in [3.63, 3.8) is 0 Å². The number of alkyl halides is 3. The molecule has 9 heteroatoms. The van der Waals surface area contributed by atoms with Gasteiger partial charge in [-0.1, -0.05) is 12.6 Å². The average Bonchev–Trinajstić information content (AvgIpc) is 3.15. The van der Waals surface area contributed by atoms with Crippen LogP contribution in [0.15, 0.2) is 49.3 Å². The van der Waals surface area contributed by atoms with Crippen LogP contribution in [0.4, 0.5) is 18.9 Å². The molecule has 4 rings (SSSR count). The van der Waals surface area contributed by atoms with Crippen LogP contribution in [0.3, 0.4) is 0 Å². The Bertz CT molecular complexity index is 1170. The van der Waals surface area contributed by atoms with E-state index in [1.54, 1.807) is 11.0 Å². The number of aromatic nitrogens is 2. The van der Waals surface area contributed by atoms with Crippen LogP contribution < -0.4 is 5.32 Å². The van der Waals surface area contributed by atoms with Gasteiger partial charge in [-0.2, -0.15) is 13.2 Å². The molecule has 30 heavy (non-hydrogen) atoms. The lowest BCUT2D eigenvalue weighted by Crippen LogP contribution is -2.34. The number of rotatable bonds is 3. The van der Waals surface area contributed by atoms with Gasteiger partial charge in [-0.3, -0.25) is 9.59 Å². The smallest absolute Gasteiger partial charge is 0.345 e. The molecule has 0 saturated carbocycles. The van der Waals surface area contributed by atoms with Crippen LogP contribution in [-0.2, 0) is 23.9 Å². The summed E-state index contributed by atoms with van der Waals surface area (Å²) in [6.45, 7) is 4.50. The maximum absolute atomic E-state index is 13.0. The van der Waals surface area contributed by atoms with Gasteiger partial charge in [0.2, 0.25) is 5.91 Å². The minimum absolute atomic E-state index is 0.0732. The van der Waals surface area contributed by atoms with E-state index >= 15 is 0 Å². The molecule has 3 aromatic rings. The minimum Gasteiger partial charge on any atom is -0.345 e. The van der Waals surface area contributed by atoms with Gasteiger partial charge in [-0.15, -0.1) is 0 Å². The van der Waals surface area contributed by atoms with Crippen LogP contribution in [0.2, 0.25) is 0 Å². The molecule has 0 radical (unpaired) electrons. The number of hydrogen-bond acceptors (Lipinski definition) is 3. The third-order valence-electron chi connectivity index (χ3n) is 5.07. The van der Waals surface area contributed by atoms with Crippen molar-refractivity contribution < 1.29 is 22.8 Å². The van der Waals surface area contributed by atoms with E-state index in [2.05, 4.69) is 21.9 Å². The van der Waals surface area contributed by atoms with Gasteiger partial charge in [-0.05, 0) is 41.8 Å². The molecule has 0 fully saturated rings. The molecule has 0 aliphatic carbocycles. The molecule has 1 aliphatic heterocycles. The fraction of sp³-hybridized carbons (Fsp3) is 0.190. The molecule has 2 amide bonds. The summed E-state index contributed by atoms with van der Waals surface area (Å²) in [5, 5.41) is 2.82. The second kappa shape index (κ2) is 7.33. The number of fused-ring (bicyclic) bond motifs is 2. The Kier molecular flexibility index (Phi) is 4.81. The van der Waals surface area contributed by atoms with Crippen molar-refractivity contribution in [3.8, 4) is 0 Å². The van der Waals surface area contributed by atoms with Crippen molar-refractivity contribution in [2.45, 2.75) is 19.1 Å². The molecule has 1 aliphatic rings. The Hall–Kier alpha value is -3.62. The number of nitrogens with one attached hydrogen (secondary N) is 2. The summed E-state index contributed by atoms with van der Waals surface area (Å²) in [6, 6.07) is 6.25. The lowest BCUT2D eigenvalue weighted by atomic mass is 9.99. The van der Waals surface area contributed by atoms with E-state index in [1.165, 1.54) is 12.3 Å². The number of aromatic amines is 1. The van der Waals surface area contributed by atoms with Gasteiger partial charge in [0.05, 0.1) is 11.1 Å². The molecule has 0 saturated heterocycles. The Morgan fingerprint density at radius 1 is 1.23 bits per heavy atom. The summed E-state index contributed by atoms with van der Waals surface area (Å²) in [7, 11) is 0. The van der Waals surface area contributed by atoms with E-state index in [1.807, 2.05) is 12.1 Å². The highest BCUT2D eigenvalue weighted by atomic mass is 19.4. The molecule has 0 bridgehead atoms. The number of nitrogens with zero attached hydrogens (tertiary/aromatic N) is 2. The summed E-state index contributed by atoms with van der Waals surface area (Å²) in [4.78, 5) is 32.6. The number of pyridine rings is 1. The first-order valence-corrected chi connectivity index (χ1v) is 9.15. The summed E-state index contributed by atoms with van der Waals surface area (Å²) in [5.74, 6) is -0.675. The zero-order chi connectivity index (χ0) is 21.5. The maximum atomic E-state index is 13.0. The van der Waals surface area contributed by atoms with Crippen molar-refractivity contribution in [1.29, 1.82) is 0 Å². The highest BCUT2D eigenvalue weighted by Gasteiger charge is 2.32. The standard InChI is InChI=1S/C21H17F3N4O2/c1-2-18(29)28-6-5-12-7-15(4-3-13(12)11-28)27-20(30)17-10-26-19-16(17)8-14(9-25-19)21(22,23)24/h2-4,7-10H,1,5-6,11H2,(H,25,26)(H,27,30). The van der Waals surface area contributed by atoms with Crippen molar-refractivity contribution in [3.05, 3.63) is 71.6 Å². The zero-order valence-electron chi connectivity index (χ0n) is 15.7. The molecular formula is C21H17F3N4O2. The van der Waals surface area contributed by atoms with Crippen molar-refractivity contribution in [1.82, 2.24) is 14.9 Å². The van der Waals surface area contributed by atoms with E-state index in [0.717, 1.165) is 23.4 Å². The number of H-pyrrole nitrogens is 1. The fourth-order valence-electron chi connectivity index (χ4n) is 3.49. The minimum atomic E-state index is -4.55. The van der Waals surface area contributed by atoms with Gasteiger partial charge in [0.25, 0.3) is 5.91 Å². The third-order valence-corrected chi connectivity index (χ3v) is 5.07. The topological polar surface area (TPSA) is 78.1 Å². The second-order valence-corrected chi connectivity index (χ2v) is 6.97. The predicted molar refractivity (Wildman–Crippen MR) is 105 cm³/mol. The molecule has 2 aromatic heterocycles. The second-order valence-electron chi connectivity index (χ2n) is 6.97. The first-order valence-electron chi connectivity index (χ1n) is 9.15. The van der Waals surface area contributed by atoms with Gasteiger partial charge < -0.3 is 15.2 Å². The fourth-order valence-corrected chi connectivity index (χ4v) is 3.49. The Morgan fingerprint density at radius 2 is 2.03 bits per heavy atom. The molecule has 0 atom stereocenters. The number of benzene rings is 1. The predicted octanol–water partition coefficient (Wildman–Crippen LogP) is 3.90. The van der Waals surface area contributed by atoms with E-state index in [0.29, 0.717) is 25.2 Å². The SMILES string of the molecule is C=CC(=O)N1CCc2cc(NC(=O)c3c[nH]c4ncc(C(F)(F)F)cc34)ccc2C1. The number of hydrogen-bond donors (Lipinski definition) is 2. The molecule has 3 heterocycles. The Labute approximate surface area is 169 Å². The van der Waals surface area contributed by atoms with E-state index < -0.39 is 17.6 Å². The van der Waals surface area contributed by atoms with E-state index in [4.69, 9.17) is 0 Å². The molecular weight excluding hydrogens is 397 g/mol. The summed E-state index contributed by atoms with van der Waals surface area (Å²) >= 11 is 0. The van der Waals surface area contributed by atoms with Crippen molar-refractivity contribution >= 4 is 28.5 Å². The Balaban J connectivity index is 1.56. The van der Waals surface area contributed by atoms with Gasteiger partial charge in [0, 0.05) is 36.6 Å². The van der Waals surface area contributed by atoms with Gasteiger partial charge >= 0.3 is 6.18 Å². The van der Waals surface area contributed by atoms with Crippen molar-refractivity contribution in [2.75, 3.05) is 11.9 Å². The molecule has 6 nitrogen and oxygen atoms in total. The molecule has 2 N–H and O–H groups in total. The normalized spacial score (nSPS) is 13.8. The van der Waals surface area contributed by atoms with Gasteiger partial charge in [0.1, 0.15) is 5.65 Å². The highest BCUT2D eigenvalue weighted by Crippen LogP contribution is 2.31. The monoisotopic (exact) mass is 414 g/mol. The van der Waals surface area contributed by atoms with E-state index in [9.17, 15) is 22.8 Å². The maximum Gasteiger partial charge on any atom is 0.417 e. The quantitative estimate of drug-likeness (QED) is 0.638. The third kappa shape index (κ3) is 3.66. The number of carbonyl (C=O) groups is 2. The van der Waals surface area contributed by atoms with Crippen LogP contribution in [0.1, 0.15) is 27.0 Å². The van der Waals surface area contributed by atoms with Gasteiger partial charge in [-0.25, -0.2) is 4.98 Å². The first-order chi connectivity index (χ1) is 14.3. The molecule has 0 unspecified atom stereocenters. The molecule has 1 aromatic carbocycles. The van der Waals surface area contributed by atoms with Crippen LogP contribution in [-0.4, -0.2) is 33.2 Å². The first kappa shape index (κ1) is 19.7. The van der Waals surface area contributed by atoms with Crippen LogP contribution >= 0.6 is 0 Å². The lowest BCUT2D eigenvalue weighted by Gasteiger charge is -2.28. The lowest BCUT2D eigenvalue weighted by molar-refractivity contribution is -0.137. The average molecular weight is 414 g/mol. The summed E-state index contributed by atoms with van der Waals surface area (Å²) in [5.41, 5.74) is 1.85. The van der Waals surface area contributed by atoms with Crippen molar-refractivity contribution in [2.24, 2.45) is 0 Å². The summed E-state index contributed by atoms with van der Waals surface area (Å²) in [6.07, 6.45) is -0.579. The number of carbonyl (C=O) groups excluding carboxylic acids is 2. The summed E-state index contributed by atoms with van der Waals surface area (Å²) < 4.78 is 38.9. The highest BCUT2D eigenvalue weighted by molar-refractivity contribution is 6.12. The number of anilines is 1. The molecule has 0 spiro atoms. The van der Waals surface area contributed by atoms with Crippen LogP contribution in [0.25, 0.3) is 11.0 Å². The number of amides is 2. The van der Waals surface area contributed by atoms with Gasteiger partial charge in [0.15, 0.2) is 0 Å².